The predicted octanol–water partition coefficient (Wildman–Crippen LogP) is 1.98. The van der Waals surface area contributed by atoms with Gasteiger partial charge in [-0.2, -0.15) is 0 Å². The third-order valence-electron chi connectivity index (χ3n) is 2.37. The van der Waals surface area contributed by atoms with Crippen molar-refractivity contribution in [3.05, 3.63) is 0 Å². The smallest absolute Gasteiger partial charge is 0.184 e. The van der Waals surface area contributed by atoms with E-state index in [4.69, 9.17) is 4.74 Å². The average molecular weight is 198 g/mol. The standard InChI is InChI=1S/C11H22N2O/c1-2-3-4-5-7-12-8-6-11-13-9-10-14-11/h12H,2-10H2,1H3. The lowest BCUT2D eigenvalue weighted by Crippen LogP contribution is -2.19. The summed E-state index contributed by atoms with van der Waals surface area (Å²) in [7, 11) is 0. The SMILES string of the molecule is CCCCCCNCCC1=NCCO1. The Bertz CT molecular complexity index is 169. The highest BCUT2D eigenvalue weighted by Crippen LogP contribution is 1.98. The monoisotopic (exact) mass is 198 g/mol. The van der Waals surface area contributed by atoms with Gasteiger partial charge in [0.05, 0.1) is 6.54 Å². The minimum atomic E-state index is 0.784. The van der Waals surface area contributed by atoms with Gasteiger partial charge in [-0.05, 0) is 13.0 Å². The molecule has 0 aliphatic carbocycles. The van der Waals surface area contributed by atoms with Gasteiger partial charge in [-0.3, -0.25) is 4.99 Å². The van der Waals surface area contributed by atoms with E-state index in [1.165, 1.54) is 25.7 Å². The lowest BCUT2D eigenvalue weighted by molar-refractivity contribution is 0.337. The molecular weight excluding hydrogens is 176 g/mol. The summed E-state index contributed by atoms with van der Waals surface area (Å²) in [6.45, 7) is 6.01. The maximum atomic E-state index is 5.31. The topological polar surface area (TPSA) is 33.6 Å². The summed E-state index contributed by atoms with van der Waals surface area (Å²) in [4.78, 5) is 4.24. The van der Waals surface area contributed by atoms with Crippen LogP contribution in [0.25, 0.3) is 0 Å². The molecule has 0 radical (unpaired) electrons. The van der Waals surface area contributed by atoms with Crippen molar-refractivity contribution in [2.24, 2.45) is 4.99 Å². The highest BCUT2D eigenvalue weighted by Gasteiger charge is 2.05. The number of ether oxygens (including phenoxy) is 1. The fourth-order valence-corrected chi connectivity index (χ4v) is 1.53. The van der Waals surface area contributed by atoms with Gasteiger partial charge in [0.25, 0.3) is 0 Å². The van der Waals surface area contributed by atoms with Gasteiger partial charge in [0.1, 0.15) is 6.61 Å². The number of nitrogens with one attached hydrogen (secondary N) is 1. The quantitative estimate of drug-likeness (QED) is 0.605. The Morgan fingerprint density at radius 3 is 2.93 bits per heavy atom. The zero-order valence-corrected chi connectivity index (χ0v) is 9.22. The van der Waals surface area contributed by atoms with Gasteiger partial charge in [-0.25, -0.2) is 0 Å². The summed E-state index contributed by atoms with van der Waals surface area (Å²) in [5.41, 5.74) is 0. The number of rotatable bonds is 8. The molecule has 0 amide bonds. The number of aliphatic imine (C=N–C) groups is 1. The lowest BCUT2D eigenvalue weighted by Gasteiger charge is -2.04. The number of hydrogen-bond donors (Lipinski definition) is 1. The molecule has 0 saturated heterocycles. The van der Waals surface area contributed by atoms with E-state index >= 15 is 0 Å². The van der Waals surface area contributed by atoms with Gasteiger partial charge < -0.3 is 10.1 Å². The van der Waals surface area contributed by atoms with Crippen molar-refractivity contribution < 1.29 is 4.74 Å². The first-order valence-electron chi connectivity index (χ1n) is 5.80. The molecule has 3 nitrogen and oxygen atoms in total. The van der Waals surface area contributed by atoms with E-state index in [9.17, 15) is 0 Å². The van der Waals surface area contributed by atoms with Gasteiger partial charge in [0.2, 0.25) is 0 Å². The Morgan fingerprint density at radius 2 is 2.21 bits per heavy atom. The first-order chi connectivity index (χ1) is 6.93. The van der Waals surface area contributed by atoms with E-state index in [2.05, 4.69) is 17.2 Å². The van der Waals surface area contributed by atoms with E-state index in [0.29, 0.717) is 0 Å². The van der Waals surface area contributed by atoms with Gasteiger partial charge in [0.15, 0.2) is 5.90 Å². The number of hydrogen-bond acceptors (Lipinski definition) is 3. The fraction of sp³-hybridized carbons (Fsp3) is 0.909. The molecule has 0 aromatic carbocycles. The molecule has 1 aliphatic heterocycles. The molecule has 1 aliphatic rings. The van der Waals surface area contributed by atoms with Crippen LogP contribution in [0.1, 0.15) is 39.0 Å². The first kappa shape index (κ1) is 11.5. The second-order valence-electron chi connectivity index (χ2n) is 3.68. The molecule has 0 aromatic heterocycles. The summed E-state index contributed by atoms with van der Waals surface area (Å²) in [5.74, 6) is 0.936. The maximum absolute atomic E-state index is 5.31. The summed E-state index contributed by atoms with van der Waals surface area (Å²) >= 11 is 0. The van der Waals surface area contributed by atoms with Crippen molar-refractivity contribution >= 4 is 5.90 Å². The van der Waals surface area contributed by atoms with E-state index in [1.807, 2.05) is 0 Å². The van der Waals surface area contributed by atoms with E-state index in [-0.39, 0.29) is 0 Å². The van der Waals surface area contributed by atoms with Crippen LogP contribution in [0.15, 0.2) is 4.99 Å². The predicted molar refractivity (Wildman–Crippen MR) is 59.9 cm³/mol. The van der Waals surface area contributed by atoms with Crippen LogP contribution >= 0.6 is 0 Å². The van der Waals surface area contributed by atoms with Crippen molar-refractivity contribution in [1.82, 2.24) is 5.32 Å². The van der Waals surface area contributed by atoms with E-state index in [0.717, 1.165) is 38.6 Å². The van der Waals surface area contributed by atoms with Crippen molar-refractivity contribution in [1.29, 1.82) is 0 Å². The molecule has 1 heterocycles. The van der Waals surface area contributed by atoms with Crippen LogP contribution in [0.2, 0.25) is 0 Å². The molecule has 3 heteroatoms. The molecular formula is C11H22N2O. The third-order valence-corrected chi connectivity index (χ3v) is 2.37. The highest BCUT2D eigenvalue weighted by molar-refractivity contribution is 5.77. The second kappa shape index (κ2) is 7.80. The highest BCUT2D eigenvalue weighted by atomic mass is 16.5. The normalized spacial score (nSPS) is 15.4. The van der Waals surface area contributed by atoms with Crippen LogP contribution in [-0.4, -0.2) is 32.1 Å². The third kappa shape index (κ3) is 5.22. The van der Waals surface area contributed by atoms with Gasteiger partial charge in [0, 0.05) is 13.0 Å². The summed E-state index contributed by atoms with van der Waals surface area (Å²) in [5, 5.41) is 3.41. The number of unbranched alkanes of at least 4 members (excludes halogenated alkanes) is 3. The van der Waals surface area contributed by atoms with Crippen LogP contribution in [0.5, 0.6) is 0 Å². The minimum Gasteiger partial charge on any atom is -0.479 e. The molecule has 1 N–H and O–H groups in total. The van der Waals surface area contributed by atoms with Gasteiger partial charge in [-0.1, -0.05) is 26.2 Å². The molecule has 0 saturated carbocycles. The Kier molecular flexibility index (Phi) is 6.41. The molecule has 14 heavy (non-hydrogen) atoms. The van der Waals surface area contributed by atoms with Gasteiger partial charge in [-0.15, -0.1) is 0 Å². The Hall–Kier alpha value is -0.570. The minimum absolute atomic E-state index is 0.784. The van der Waals surface area contributed by atoms with E-state index < -0.39 is 0 Å². The summed E-state index contributed by atoms with van der Waals surface area (Å²) < 4.78 is 5.31. The molecule has 0 aromatic rings. The largest absolute Gasteiger partial charge is 0.479 e. The molecule has 0 atom stereocenters. The Balaban J connectivity index is 1.80. The fourth-order valence-electron chi connectivity index (χ4n) is 1.53. The zero-order valence-electron chi connectivity index (χ0n) is 9.22. The molecule has 0 fully saturated rings. The molecule has 0 bridgehead atoms. The lowest BCUT2D eigenvalue weighted by atomic mass is 10.2. The number of nitrogens with zero attached hydrogens (tertiary/aromatic N) is 1. The molecule has 1 rings (SSSR count). The molecule has 82 valence electrons. The van der Waals surface area contributed by atoms with Crippen LogP contribution in [0.3, 0.4) is 0 Å². The van der Waals surface area contributed by atoms with Crippen molar-refractivity contribution in [2.45, 2.75) is 39.0 Å². The van der Waals surface area contributed by atoms with Crippen LogP contribution in [-0.2, 0) is 4.74 Å². The first-order valence-corrected chi connectivity index (χ1v) is 5.80. The average Bonchev–Trinajstić information content (AvgIpc) is 2.69. The Labute approximate surface area is 86.9 Å². The maximum Gasteiger partial charge on any atom is 0.184 e. The van der Waals surface area contributed by atoms with Crippen LogP contribution < -0.4 is 5.32 Å². The van der Waals surface area contributed by atoms with Crippen LogP contribution in [0, 0.1) is 0 Å². The Morgan fingerprint density at radius 1 is 1.29 bits per heavy atom. The van der Waals surface area contributed by atoms with Crippen LogP contribution in [0.4, 0.5) is 0 Å². The zero-order chi connectivity index (χ0) is 10.1. The van der Waals surface area contributed by atoms with E-state index in [1.54, 1.807) is 0 Å². The van der Waals surface area contributed by atoms with Gasteiger partial charge >= 0.3 is 0 Å². The van der Waals surface area contributed by atoms with Crippen molar-refractivity contribution in [2.75, 3.05) is 26.2 Å². The van der Waals surface area contributed by atoms with Crippen molar-refractivity contribution in [3.8, 4) is 0 Å². The molecule has 0 unspecified atom stereocenters. The molecule has 0 spiro atoms. The second-order valence-corrected chi connectivity index (χ2v) is 3.68. The van der Waals surface area contributed by atoms with Crippen molar-refractivity contribution in [3.63, 3.8) is 0 Å². The summed E-state index contributed by atoms with van der Waals surface area (Å²) in [6.07, 6.45) is 6.26. The summed E-state index contributed by atoms with van der Waals surface area (Å²) in [6, 6.07) is 0.